The van der Waals surface area contributed by atoms with Gasteiger partial charge in [-0.05, 0) is 36.2 Å². The van der Waals surface area contributed by atoms with Gasteiger partial charge in [-0.25, -0.2) is 0 Å². The molecule has 1 aliphatic rings. The molecule has 0 bridgehead atoms. The number of carbonyl (C=O) groups is 1. The highest BCUT2D eigenvalue weighted by atomic mass is 127. The van der Waals surface area contributed by atoms with E-state index in [0.717, 1.165) is 27.9 Å². The second-order valence-electron chi connectivity index (χ2n) is 6.37. The van der Waals surface area contributed by atoms with Crippen LogP contribution in [0.15, 0.2) is 51.9 Å². The number of nitrogens with zero attached hydrogens (tertiary/aromatic N) is 1. The summed E-state index contributed by atoms with van der Waals surface area (Å²) in [4.78, 5) is 16.4. The molecule has 28 heavy (non-hydrogen) atoms. The van der Waals surface area contributed by atoms with Gasteiger partial charge in [0.2, 0.25) is 5.91 Å². The van der Waals surface area contributed by atoms with Crippen LogP contribution in [0.4, 0.5) is 5.69 Å². The zero-order chi connectivity index (χ0) is 19.2. The van der Waals surface area contributed by atoms with Crippen molar-refractivity contribution in [1.82, 2.24) is 10.6 Å². The van der Waals surface area contributed by atoms with Crippen LogP contribution in [0.3, 0.4) is 0 Å². The maximum absolute atomic E-state index is 12.2. The number of hydrogen-bond acceptors (Lipinski definition) is 3. The minimum atomic E-state index is -0.135. The van der Waals surface area contributed by atoms with E-state index in [1.165, 1.54) is 5.56 Å². The van der Waals surface area contributed by atoms with Gasteiger partial charge in [-0.2, -0.15) is 0 Å². The van der Waals surface area contributed by atoms with Gasteiger partial charge in [-0.3, -0.25) is 9.79 Å². The molecule has 8 heteroatoms. The number of aryl methyl sites for hydroxylation is 1. The van der Waals surface area contributed by atoms with Gasteiger partial charge in [-0.15, -0.1) is 24.0 Å². The molecule has 0 spiro atoms. The molecule has 0 aromatic heterocycles. The van der Waals surface area contributed by atoms with Crippen LogP contribution in [0, 0.1) is 6.92 Å². The van der Waals surface area contributed by atoms with Crippen molar-refractivity contribution in [3.63, 3.8) is 0 Å². The van der Waals surface area contributed by atoms with Crippen molar-refractivity contribution >= 4 is 57.5 Å². The van der Waals surface area contributed by atoms with E-state index >= 15 is 0 Å². The van der Waals surface area contributed by atoms with E-state index in [9.17, 15) is 4.79 Å². The normalized spacial score (nSPS) is 15.1. The van der Waals surface area contributed by atoms with Gasteiger partial charge < -0.3 is 20.7 Å². The number of benzene rings is 2. The first-order valence-electron chi connectivity index (χ1n) is 8.80. The maximum Gasteiger partial charge on any atom is 0.243 e. The second-order valence-corrected chi connectivity index (χ2v) is 7.28. The van der Waals surface area contributed by atoms with Crippen LogP contribution in [-0.4, -0.2) is 38.1 Å². The van der Waals surface area contributed by atoms with Crippen molar-refractivity contribution in [2.75, 3.05) is 25.5 Å². The number of anilines is 1. The summed E-state index contributed by atoms with van der Waals surface area (Å²) in [6.45, 7) is 2.69. The lowest BCUT2D eigenvalue weighted by molar-refractivity contribution is -0.115. The van der Waals surface area contributed by atoms with E-state index < -0.39 is 0 Å². The molecule has 0 aliphatic carbocycles. The molecule has 1 atom stereocenters. The Hall–Kier alpha value is -1.81. The predicted molar refractivity (Wildman–Crippen MR) is 127 cm³/mol. The lowest BCUT2D eigenvalue weighted by Gasteiger charge is -2.16. The van der Waals surface area contributed by atoms with E-state index in [1.54, 1.807) is 7.05 Å². The van der Waals surface area contributed by atoms with Crippen molar-refractivity contribution in [2.45, 2.75) is 19.4 Å². The Morgan fingerprint density at radius 2 is 2.04 bits per heavy atom. The number of aliphatic imine (C=N–C) groups is 1. The van der Waals surface area contributed by atoms with Gasteiger partial charge in [-0.1, -0.05) is 40.2 Å². The van der Waals surface area contributed by atoms with E-state index in [2.05, 4.69) is 42.9 Å². The maximum atomic E-state index is 12.2. The first-order chi connectivity index (χ1) is 13.0. The van der Waals surface area contributed by atoms with Gasteiger partial charge in [0.1, 0.15) is 11.9 Å². The van der Waals surface area contributed by atoms with Crippen molar-refractivity contribution in [1.29, 1.82) is 0 Å². The highest BCUT2D eigenvalue weighted by Crippen LogP contribution is 2.27. The summed E-state index contributed by atoms with van der Waals surface area (Å²) >= 11 is 3.42. The smallest absolute Gasteiger partial charge is 0.243 e. The third kappa shape index (κ3) is 6.10. The van der Waals surface area contributed by atoms with Gasteiger partial charge in [0, 0.05) is 23.6 Å². The summed E-state index contributed by atoms with van der Waals surface area (Å²) in [6, 6.07) is 13.8. The molecule has 6 nitrogen and oxygen atoms in total. The van der Waals surface area contributed by atoms with Crippen LogP contribution < -0.4 is 20.7 Å². The molecule has 150 valence electrons. The molecule has 0 radical (unpaired) electrons. The van der Waals surface area contributed by atoms with E-state index in [4.69, 9.17) is 4.74 Å². The van der Waals surface area contributed by atoms with E-state index in [-0.39, 0.29) is 42.5 Å². The summed E-state index contributed by atoms with van der Waals surface area (Å²) in [5.41, 5.74) is 3.01. The summed E-state index contributed by atoms with van der Waals surface area (Å²) in [7, 11) is 1.68. The van der Waals surface area contributed by atoms with Crippen molar-refractivity contribution in [2.24, 2.45) is 4.99 Å². The summed E-state index contributed by atoms with van der Waals surface area (Å²) in [5, 5.41) is 9.14. The Morgan fingerprint density at radius 3 is 2.79 bits per heavy atom. The first-order valence-corrected chi connectivity index (χ1v) is 9.59. The molecule has 1 amide bonds. The Balaban J connectivity index is 0.00000280. The van der Waals surface area contributed by atoms with Gasteiger partial charge in [0.25, 0.3) is 0 Å². The zero-order valence-electron chi connectivity index (χ0n) is 15.8. The number of nitrogens with one attached hydrogen (secondary N) is 3. The van der Waals surface area contributed by atoms with Crippen molar-refractivity contribution in [3.05, 3.63) is 58.1 Å². The lowest BCUT2D eigenvalue weighted by Crippen LogP contribution is -2.44. The standard InChI is InChI=1S/C20H23BrN4O2.HI/c1-13-7-8-15(21)10-17(13)25-19(26)12-24-20(22-2)23-11-16-9-14-5-3-4-6-18(14)27-16;/h3-8,10,16H,9,11-12H2,1-2H3,(H,25,26)(H2,22,23,24);1H. The average Bonchev–Trinajstić information content (AvgIpc) is 3.08. The Kier molecular flexibility index (Phi) is 8.56. The third-order valence-corrected chi connectivity index (χ3v) is 4.82. The van der Waals surface area contributed by atoms with Gasteiger partial charge in [0.05, 0.1) is 13.1 Å². The fourth-order valence-electron chi connectivity index (χ4n) is 2.89. The van der Waals surface area contributed by atoms with Crippen LogP contribution in [0.1, 0.15) is 11.1 Å². The molecule has 0 fully saturated rings. The summed E-state index contributed by atoms with van der Waals surface area (Å²) in [6.07, 6.45) is 0.919. The number of ether oxygens (including phenoxy) is 1. The number of fused-ring (bicyclic) bond motifs is 1. The number of para-hydroxylation sites is 1. The number of rotatable bonds is 5. The highest BCUT2D eigenvalue weighted by molar-refractivity contribution is 14.0. The number of halogens is 2. The van der Waals surface area contributed by atoms with Crippen LogP contribution in [0.25, 0.3) is 0 Å². The molecule has 1 unspecified atom stereocenters. The number of guanidine groups is 1. The molecule has 3 N–H and O–H groups in total. The minimum Gasteiger partial charge on any atom is -0.488 e. The molecule has 0 saturated carbocycles. The van der Waals surface area contributed by atoms with Crippen LogP contribution in [-0.2, 0) is 11.2 Å². The lowest BCUT2D eigenvalue weighted by atomic mass is 10.1. The molecule has 1 aliphatic heterocycles. The molecular formula is C20H24BrIN4O2. The van der Waals surface area contributed by atoms with E-state index in [1.807, 2.05) is 43.3 Å². The Morgan fingerprint density at radius 1 is 1.25 bits per heavy atom. The number of hydrogen-bond donors (Lipinski definition) is 3. The summed E-state index contributed by atoms with van der Waals surface area (Å²) in [5.74, 6) is 1.37. The molecule has 2 aromatic carbocycles. The number of amides is 1. The fraction of sp³-hybridized carbons (Fsp3) is 0.300. The van der Waals surface area contributed by atoms with E-state index in [0.29, 0.717) is 12.5 Å². The Labute approximate surface area is 190 Å². The highest BCUT2D eigenvalue weighted by Gasteiger charge is 2.22. The largest absolute Gasteiger partial charge is 0.488 e. The monoisotopic (exact) mass is 558 g/mol. The molecule has 3 rings (SSSR count). The molecule has 0 saturated heterocycles. The van der Waals surface area contributed by atoms with Gasteiger partial charge >= 0.3 is 0 Å². The van der Waals surface area contributed by atoms with Crippen LogP contribution >= 0.6 is 39.9 Å². The topological polar surface area (TPSA) is 74.8 Å². The summed E-state index contributed by atoms with van der Waals surface area (Å²) < 4.78 is 6.82. The molecule has 2 aromatic rings. The quantitative estimate of drug-likeness (QED) is 0.298. The van der Waals surface area contributed by atoms with Crippen LogP contribution in [0.2, 0.25) is 0 Å². The zero-order valence-corrected chi connectivity index (χ0v) is 19.7. The predicted octanol–water partition coefficient (Wildman–Crippen LogP) is 3.48. The Bertz CT molecular complexity index is 835. The van der Waals surface area contributed by atoms with Gasteiger partial charge in [0.15, 0.2) is 5.96 Å². The molecule has 1 heterocycles. The third-order valence-electron chi connectivity index (χ3n) is 4.32. The fourth-order valence-corrected chi connectivity index (χ4v) is 3.25. The molecular weight excluding hydrogens is 535 g/mol. The minimum absolute atomic E-state index is 0. The average molecular weight is 559 g/mol. The SMILES string of the molecule is CN=C(NCC(=O)Nc1cc(Br)ccc1C)NCC1Cc2ccccc2O1.I. The van der Waals surface area contributed by atoms with Crippen LogP contribution in [0.5, 0.6) is 5.75 Å². The first kappa shape index (κ1) is 22.5. The number of carbonyl (C=O) groups excluding carboxylic acids is 1. The second kappa shape index (κ2) is 10.7. The van der Waals surface area contributed by atoms with Crippen molar-refractivity contribution < 1.29 is 9.53 Å². The van der Waals surface area contributed by atoms with Crippen molar-refractivity contribution in [3.8, 4) is 5.75 Å².